The molecular formula is C20H24N2O3. The molecule has 1 saturated heterocycles. The second-order valence-corrected chi connectivity index (χ2v) is 6.13. The lowest BCUT2D eigenvalue weighted by atomic mass is 10.0. The molecule has 5 nitrogen and oxygen atoms in total. The van der Waals surface area contributed by atoms with Gasteiger partial charge in [0.2, 0.25) is 5.91 Å². The molecule has 1 heterocycles. The number of nitrogens with zero attached hydrogens (tertiary/aromatic N) is 1. The van der Waals surface area contributed by atoms with Gasteiger partial charge in [-0.3, -0.25) is 4.79 Å². The van der Waals surface area contributed by atoms with Crippen LogP contribution in [0.1, 0.15) is 17.2 Å². The maximum Gasteiger partial charge on any atom is 0.249 e. The van der Waals surface area contributed by atoms with Gasteiger partial charge in [0.05, 0.1) is 26.0 Å². The van der Waals surface area contributed by atoms with Gasteiger partial charge in [-0.15, -0.1) is 0 Å². The Morgan fingerprint density at radius 2 is 1.88 bits per heavy atom. The largest absolute Gasteiger partial charge is 0.495 e. The van der Waals surface area contributed by atoms with E-state index in [2.05, 4.69) is 5.32 Å². The molecule has 0 bridgehead atoms. The van der Waals surface area contributed by atoms with Crippen LogP contribution in [0.25, 0.3) is 0 Å². The predicted molar refractivity (Wildman–Crippen MR) is 97.9 cm³/mol. The minimum absolute atomic E-state index is 0.0538. The fraction of sp³-hybridized carbons (Fsp3) is 0.350. The van der Waals surface area contributed by atoms with Crippen molar-refractivity contribution in [2.45, 2.75) is 13.0 Å². The molecule has 5 heteroatoms. The van der Waals surface area contributed by atoms with E-state index in [0.29, 0.717) is 26.3 Å². The molecule has 1 amide bonds. The number of hydrogen-bond donors (Lipinski definition) is 1. The van der Waals surface area contributed by atoms with E-state index in [1.165, 1.54) is 0 Å². The highest BCUT2D eigenvalue weighted by Gasteiger charge is 2.27. The number of carbonyl (C=O) groups excluding carboxylic acids is 1. The molecule has 0 saturated carbocycles. The van der Waals surface area contributed by atoms with Crippen LogP contribution in [0.4, 0.5) is 5.69 Å². The molecule has 1 fully saturated rings. The molecule has 0 spiro atoms. The normalized spacial score (nSPS) is 15.5. The Morgan fingerprint density at radius 3 is 2.56 bits per heavy atom. The Balaban J connectivity index is 1.91. The first-order valence-electron chi connectivity index (χ1n) is 8.51. The summed E-state index contributed by atoms with van der Waals surface area (Å²) in [6.07, 6.45) is 0. The van der Waals surface area contributed by atoms with Crippen LogP contribution >= 0.6 is 0 Å². The zero-order valence-electron chi connectivity index (χ0n) is 14.7. The molecular weight excluding hydrogens is 316 g/mol. The average molecular weight is 340 g/mol. The Morgan fingerprint density at radius 1 is 1.16 bits per heavy atom. The van der Waals surface area contributed by atoms with Crippen LogP contribution in [0.3, 0.4) is 0 Å². The van der Waals surface area contributed by atoms with E-state index in [9.17, 15) is 4.79 Å². The van der Waals surface area contributed by atoms with Crippen LogP contribution in [0.2, 0.25) is 0 Å². The first-order chi connectivity index (χ1) is 12.2. The molecule has 0 aromatic heterocycles. The third kappa shape index (κ3) is 4.12. The molecule has 2 aromatic rings. The van der Waals surface area contributed by atoms with Crippen LogP contribution in [-0.4, -0.2) is 44.2 Å². The molecule has 1 aliphatic rings. The fourth-order valence-electron chi connectivity index (χ4n) is 2.99. The van der Waals surface area contributed by atoms with Gasteiger partial charge in [-0.2, -0.15) is 0 Å². The monoisotopic (exact) mass is 340 g/mol. The second-order valence-electron chi connectivity index (χ2n) is 6.13. The van der Waals surface area contributed by atoms with Gasteiger partial charge >= 0.3 is 0 Å². The van der Waals surface area contributed by atoms with E-state index in [-0.39, 0.29) is 5.91 Å². The maximum atomic E-state index is 13.2. The predicted octanol–water partition coefficient (Wildman–Crippen LogP) is 3.02. The van der Waals surface area contributed by atoms with Crippen molar-refractivity contribution in [2.24, 2.45) is 0 Å². The average Bonchev–Trinajstić information content (AvgIpc) is 2.67. The zero-order valence-corrected chi connectivity index (χ0v) is 14.7. The van der Waals surface area contributed by atoms with Gasteiger partial charge in [-0.1, -0.05) is 36.4 Å². The summed E-state index contributed by atoms with van der Waals surface area (Å²) in [6, 6.07) is 15.2. The summed E-state index contributed by atoms with van der Waals surface area (Å²) in [4.78, 5) is 15.0. The number of amides is 1. The Bertz CT molecular complexity index is 712. The number of anilines is 1. The smallest absolute Gasteiger partial charge is 0.249 e. The number of rotatable bonds is 5. The molecule has 1 aliphatic heterocycles. The van der Waals surface area contributed by atoms with E-state index in [1.54, 1.807) is 7.11 Å². The SMILES string of the molecule is COc1ccc(C)cc1NC(C(=O)N1CCOCC1)c1ccccc1. The van der Waals surface area contributed by atoms with E-state index in [0.717, 1.165) is 22.6 Å². The van der Waals surface area contributed by atoms with Crippen molar-refractivity contribution >= 4 is 11.6 Å². The lowest BCUT2D eigenvalue weighted by molar-refractivity contribution is -0.136. The number of nitrogens with one attached hydrogen (secondary N) is 1. The number of hydrogen-bond acceptors (Lipinski definition) is 4. The summed E-state index contributed by atoms with van der Waals surface area (Å²) in [6.45, 7) is 4.43. The van der Waals surface area contributed by atoms with E-state index < -0.39 is 6.04 Å². The van der Waals surface area contributed by atoms with Gasteiger partial charge in [0, 0.05) is 13.1 Å². The highest BCUT2D eigenvalue weighted by atomic mass is 16.5. The second kappa shape index (κ2) is 8.03. The topological polar surface area (TPSA) is 50.8 Å². The van der Waals surface area contributed by atoms with Gasteiger partial charge in [-0.05, 0) is 30.2 Å². The minimum atomic E-state index is -0.463. The highest BCUT2D eigenvalue weighted by molar-refractivity contribution is 5.86. The summed E-state index contributed by atoms with van der Waals surface area (Å²) in [7, 11) is 1.64. The molecule has 1 atom stereocenters. The Hall–Kier alpha value is -2.53. The van der Waals surface area contributed by atoms with Crippen LogP contribution in [0.5, 0.6) is 5.75 Å². The minimum Gasteiger partial charge on any atom is -0.495 e. The zero-order chi connectivity index (χ0) is 17.6. The molecule has 0 aliphatic carbocycles. The van der Waals surface area contributed by atoms with Crippen molar-refractivity contribution < 1.29 is 14.3 Å². The first-order valence-corrected chi connectivity index (χ1v) is 8.51. The van der Waals surface area contributed by atoms with Gasteiger partial charge in [0.1, 0.15) is 11.8 Å². The van der Waals surface area contributed by atoms with Gasteiger partial charge in [0.25, 0.3) is 0 Å². The van der Waals surface area contributed by atoms with Crippen molar-refractivity contribution in [3.05, 3.63) is 59.7 Å². The number of aryl methyl sites for hydroxylation is 1. The van der Waals surface area contributed by atoms with Crippen molar-refractivity contribution in [2.75, 3.05) is 38.7 Å². The van der Waals surface area contributed by atoms with Crippen molar-refractivity contribution in [3.63, 3.8) is 0 Å². The number of benzene rings is 2. The first kappa shape index (κ1) is 17.3. The van der Waals surface area contributed by atoms with Gasteiger partial charge < -0.3 is 19.7 Å². The van der Waals surface area contributed by atoms with E-state index >= 15 is 0 Å². The molecule has 1 N–H and O–H groups in total. The molecule has 132 valence electrons. The van der Waals surface area contributed by atoms with Gasteiger partial charge in [-0.25, -0.2) is 0 Å². The van der Waals surface area contributed by atoms with Crippen molar-refractivity contribution in [1.82, 2.24) is 4.90 Å². The van der Waals surface area contributed by atoms with Crippen molar-refractivity contribution in [3.8, 4) is 5.75 Å². The van der Waals surface area contributed by atoms with Crippen LogP contribution in [0.15, 0.2) is 48.5 Å². The molecule has 2 aromatic carbocycles. The summed E-state index contributed by atoms with van der Waals surface area (Å²) in [5, 5.41) is 3.40. The Kier molecular flexibility index (Phi) is 5.56. The summed E-state index contributed by atoms with van der Waals surface area (Å²) < 4.78 is 10.8. The molecule has 0 radical (unpaired) electrons. The molecule has 1 unspecified atom stereocenters. The molecule has 25 heavy (non-hydrogen) atoms. The lowest BCUT2D eigenvalue weighted by Crippen LogP contribution is -2.44. The summed E-state index contributed by atoms with van der Waals surface area (Å²) >= 11 is 0. The number of carbonyl (C=O) groups is 1. The lowest BCUT2D eigenvalue weighted by Gasteiger charge is -2.31. The number of ether oxygens (including phenoxy) is 2. The number of methoxy groups -OCH3 is 1. The van der Waals surface area contributed by atoms with Crippen LogP contribution in [0, 0.1) is 6.92 Å². The highest BCUT2D eigenvalue weighted by Crippen LogP contribution is 2.30. The van der Waals surface area contributed by atoms with Crippen LogP contribution < -0.4 is 10.1 Å². The maximum absolute atomic E-state index is 13.2. The van der Waals surface area contributed by atoms with Crippen LogP contribution in [-0.2, 0) is 9.53 Å². The van der Waals surface area contributed by atoms with E-state index in [4.69, 9.17) is 9.47 Å². The molecule has 3 rings (SSSR count). The standard InChI is InChI=1S/C20H24N2O3/c1-15-8-9-18(24-2)17(14-15)21-19(16-6-4-3-5-7-16)20(23)22-10-12-25-13-11-22/h3-9,14,19,21H,10-13H2,1-2H3. The van der Waals surface area contributed by atoms with Gasteiger partial charge in [0.15, 0.2) is 0 Å². The van der Waals surface area contributed by atoms with E-state index in [1.807, 2.05) is 60.4 Å². The summed E-state index contributed by atoms with van der Waals surface area (Å²) in [5.41, 5.74) is 2.86. The third-order valence-corrected chi connectivity index (χ3v) is 4.36. The Labute approximate surface area is 148 Å². The van der Waals surface area contributed by atoms with Crippen molar-refractivity contribution in [1.29, 1.82) is 0 Å². The quantitative estimate of drug-likeness (QED) is 0.909. The summed E-state index contributed by atoms with van der Waals surface area (Å²) in [5.74, 6) is 0.777. The fourth-order valence-corrected chi connectivity index (χ4v) is 2.99. The number of morpholine rings is 1. The third-order valence-electron chi connectivity index (χ3n) is 4.36.